The van der Waals surface area contributed by atoms with E-state index in [4.69, 9.17) is 19.6 Å². The molecule has 5 rings (SSSR count). The van der Waals surface area contributed by atoms with Crippen molar-refractivity contribution >= 4 is 39.2 Å². The summed E-state index contributed by atoms with van der Waals surface area (Å²) >= 11 is 0. The van der Waals surface area contributed by atoms with E-state index in [1.54, 1.807) is 42.7 Å². The third kappa shape index (κ3) is 7.13. The van der Waals surface area contributed by atoms with Crippen molar-refractivity contribution in [2.45, 2.75) is 32.4 Å². The van der Waals surface area contributed by atoms with E-state index in [0.29, 0.717) is 45.5 Å². The van der Waals surface area contributed by atoms with E-state index in [9.17, 15) is 8.42 Å². The van der Waals surface area contributed by atoms with Gasteiger partial charge in [0.25, 0.3) is 0 Å². The van der Waals surface area contributed by atoms with Crippen molar-refractivity contribution in [2.75, 3.05) is 31.3 Å². The Kier molecular flexibility index (Phi) is 9.95. The number of aromatic nitrogens is 3. The number of primary sulfonamides is 1. The molecule has 1 unspecified atom stereocenters. The number of nitrogens with zero attached hydrogens (tertiary/aromatic N) is 3. The number of nitrogens with two attached hydrogens (primary N) is 1. The van der Waals surface area contributed by atoms with Crippen LogP contribution < -0.4 is 20.5 Å². The van der Waals surface area contributed by atoms with Crippen LogP contribution in [0, 0.1) is 18.7 Å². The first kappa shape index (κ1) is 31.5. The Hall–Kier alpha value is -3.42. The summed E-state index contributed by atoms with van der Waals surface area (Å²) in [5.41, 5.74) is 2.13. The zero-order valence-electron chi connectivity index (χ0n) is 23.5. The van der Waals surface area contributed by atoms with Gasteiger partial charge >= 0.3 is 0 Å². The van der Waals surface area contributed by atoms with Gasteiger partial charge in [-0.1, -0.05) is 19.1 Å². The minimum atomic E-state index is -3.94. The highest BCUT2D eigenvalue weighted by Gasteiger charge is 2.25. The topological polar surface area (TPSA) is 141 Å². The van der Waals surface area contributed by atoms with Crippen LogP contribution in [0.4, 0.5) is 10.3 Å². The minimum absolute atomic E-state index is 0. The zero-order valence-corrected chi connectivity index (χ0v) is 25.1. The number of methoxy groups -OCH3 is 1. The molecule has 0 amide bonds. The zero-order chi connectivity index (χ0) is 29.1. The lowest BCUT2D eigenvalue weighted by Gasteiger charge is -2.28. The normalized spacial score (nSPS) is 17.8. The third-order valence-electron chi connectivity index (χ3n) is 7.13. The number of benzene rings is 2. The molecule has 0 saturated carbocycles. The fourth-order valence-corrected chi connectivity index (χ4v) is 5.94. The number of ether oxygens (including phenoxy) is 2. The molecule has 13 heteroatoms. The molecule has 4 N–H and O–H groups in total. The van der Waals surface area contributed by atoms with Crippen LogP contribution in [0.25, 0.3) is 22.0 Å². The largest absolute Gasteiger partial charge is 0.437 e. The molecule has 2 aromatic heterocycles. The van der Waals surface area contributed by atoms with Crippen LogP contribution in [0.1, 0.15) is 30.6 Å². The molecule has 0 aliphatic carbocycles. The van der Waals surface area contributed by atoms with Gasteiger partial charge in [-0.25, -0.2) is 32.9 Å². The molecule has 42 heavy (non-hydrogen) atoms. The van der Waals surface area contributed by atoms with Gasteiger partial charge in [0.1, 0.15) is 17.7 Å². The number of nitrogens with one attached hydrogen (secondary N) is 2. The van der Waals surface area contributed by atoms with Gasteiger partial charge in [-0.15, -0.1) is 12.4 Å². The maximum absolute atomic E-state index is 15.1. The Morgan fingerprint density at radius 1 is 1.12 bits per heavy atom. The lowest BCUT2D eigenvalue weighted by Crippen LogP contribution is -2.42. The molecular weight excluding hydrogens is 583 g/mol. The van der Waals surface area contributed by atoms with E-state index in [0.717, 1.165) is 25.1 Å². The number of sulfonamides is 1. The van der Waals surface area contributed by atoms with Crippen LogP contribution >= 0.6 is 12.4 Å². The number of halogens is 2. The molecule has 4 aromatic rings. The van der Waals surface area contributed by atoms with Crippen molar-refractivity contribution in [1.29, 1.82) is 0 Å². The number of pyridine rings is 1. The molecule has 1 fully saturated rings. The Morgan fingerprint density at radius 2 is 1.90 bits per heavy atom. The molecule has 3 heterocycles. The Labute approximate surface area is 250 Å². The molecule has 3 atom stereocenters. The lowest BCUT2D eigenvalue weighted by atomic mass is 9.97. The fourth-order valence-electron chi connectivity index (χ4n) is 5.22. The molecule has 1 aliphatic rings. The summed E-state index contributed by atoms with van der Waals surface area (Å²) in [6.07, 6.45) is 3.22. The Bertz CT molecular complexity index is 1680. The third-order valence-corrected chi connectivity index (χ3v) is 7.90. The molecule has 224 valence electrons. The van der Waals surface area contributed by atoms with E-state index in [1.807, 2.05) is 13.0 Å². The summed E-state index contributed by atoms with van der Waals surface area (Å²) in [4.78, 5) is 13.6. The van der Waals surface area contributed by atoms with Crippen molar-refractivity contribution in [2.24, 2.45) is 11.1 Å². The van der Waals surface area contributed by atoms with Gasteiger partial charge in [0.2, 0.25) is 21.9 Å². The number of hydrogen-bond donors (Lipinski definition) is 3. The minimum Gasteiger partial charge on any atom is -0.437 e. The van der Waals surface area contributed by atoms with Gasteiger partial charge in [0.15, 0.2) is 0 Å². The number of hydrogen-bond acceptors (Lipinski definition) is 9. The summed E-state index contributed by atoms with van der Waals surface area (Å²) in [6.45, 7) is 5.91. The van der Waals surface area contributed by atoms with Gasteiger partial charge < -0.3 is 20.1 Å². The number of anilines is 1. The number of aryl methyl sites for hydroxylation is 1. The predicted octanol–water partition coefficient (Wildman–Crippen LogP) is 4.74. The Morgan fingerprint density at radius 3 is 2.64 bits per heavy atom. The van der Waals surface area contributed by atoms with E-state index in [2.05, 4.69) is 27.5 Å². The highest BCUT2D eigenvalue weighted by molar-refractivity contribution is 7.89. The van der Waals surface area contributed by atoms with Gasteiger partial charge in [0.05, 0.1) is 17.0 Å². The van der Waals surface area contributed by atoms with Crippen molar-refractivity contribution < 1.29 is 22.3 Å². The summed E-state index contributed by atoms with van der Waals surface area (Å²) in [6, 6.07) is 12.0. The van der Waals surface area contributed by atoms with Crippen LogP contribution in [0.2, 0.25) is 0 Å². The molecule has 2 aromatic carbocycles. The van der Waals surface area contributed by atoms with Gasteiger partial charge in [-0.3, -0.25) is 0 Å². The highest BCUT2D eigenvalue weighted by Crippen LogP contribution is 2.40. The average Bonchev–Trinajstić information content (AvgIpc) is 2.93. The van der Waals surface area contributed by atoms with E-state index < -0.39 is 27.7 Å². The number of rotatable bonds is 9. The highest BCUT2D eigenvalue weighted by atomic mass is 35.5. The first-order valence-corrected chi connectivity index (χ1v) is 15.0. The Balaban J connectivity index is 0.00000405. The molecule has 0 radical (unpaired) electrons. The van der Waals surface area contributed by atoms with E-state index >= 15 is 4.39 Å². The summed E-state index contributed by atoms with van der Waals surface area (Å²) in [5.74, 6) is 0.640. The molecule has 10 nitrogen and oxygen atoms in total. The smallest absolute Gasteiger partial charge is 0.228 e. The predicted molar refractivity (Wildman–Crippen MR) is 163 cm³/mol. The quantitative estimate of drug-likeness (QED) is 0.243. The fraction of sp³-hybridized carbons (Fsp3) is 0.345. The van der Waals surface area contributed by atoms with Gasteiger partial charge in [-0.05, 0) is 67.1 Å². The SMILES string of the molecule is COC(CS(N)(=O)=O)c1c(F)ccc2c(Oc3ncccc3-c3ccnc(N[C@@H]4CNC[C@H](C)C4)n3)c(C)ccc12.Cl. The summed E-state index contributed by atoms with van der Waals surface area (Å²) in [5, 5.41) is 13.1. The van der Waals surface area contributed by atoms with Gasteiger partial charge in [0, 0.05) is 43.0 Å². The van der Waals surface area contributed by atoms with E-state index in [-0.39, 0.29) is 24.0 Å². The number of fused-ring (bicyclic) bond motifs is 1. The molecular formula is C29H34ClFN6O4S. The molecule has 0 spiro atoms. The van der Waals surface area contributed by atoms with E-state index in [1.165, 1.54) is 13.2 Å². The summed E-state index contributed by atoms with van der Waals surface area (Å²) in [7, 11) is -2.63. The number of piperidine rings is 1. The maximum atomic E-state index is 15.1. The second kappa shape index (κ2) is 13.3. The van der Waals surface area contributed by atoms with Gasteiger partial charge in [-0.2, -0.15) is 0 Å². The van der Waals surface area contributed by atoms with Crippen molar-refractivity contribution in [3.05, 3.63) is 71.8 Å². The van der Waals surface area contributed by atoms with Crippen LogP contribution in [-0.2, 0) is 14.8 Å². The first-order valence-electron chi connectivity index (χ1n) is 13.3. The molecule has 1 aliphatic heterocycles. The van der Waals surface area contributed by atoms with Crippen molar-refractivity contribution in [1.82, 2.24) is 20.3 Å². The average molecular weight is 617 g/mol. The van der Waals surface area contributed by atoms with Crippen molar-refractivity contribution in [3.8, 4) is 22.9 Å². The lowest BCUT2D eigenvalue weighted by molar-refractivity contribution is 0.120. The van der Waals surface area contributed by atoms with Crippen LogP contribution in [0.3, 0.4) is 0 Å². The molecule has 1 saturated heterocycles. The van der Waals surface area contributed by atoms with Crippen LogP contribution in [0.5, 0.6) is 11.6 Å². The first-order chi connectivity index (χ1) is 19.6. The standard InChI is InChI=1S/C29H33FN6O4S.ClH/c1-17-13-19(15-32-14-17)35-29-34-12-10-24(36-29)22-5-4-11-33-28(22)40-27-18(2)6-7-20-21(27)8-9-23(30)26(20)25(39-3)16-41(31,37)38;/h4-12,17,19,25,32H,13-16H2,1-3H3,(H2,31,37,38)(H,34,35,36);1H/t17-,19+,25?;/m1./s1. The second-order valence-electron chi connectivity index (χ2n) is 10.4. The van der Waals surface area contributed by atoms with Crippen LogP contribution in [0.15, 0.2) is 54.9 Å². The van der Waals surface area contributed by atoms with Crippen LogP contribution in [-0.4, -0.2) is 55.4 Å². The summed E-state index contributed by atoms with van der Waals surface area (Å²) < 4.78 is 50.5. The molecule has 0 bridgehead atoms. The van der Waals surface area contributed by atoms with Crippen molar-refractivity contribution in [3.63, 3.8) is 0 Å². The maximum Gasteiger partial charge on any atom is 0.228 e. The second-order valence-corrected chi connectivity index (χ2v) is 12.0. The monoisotopic (exact) mass is 616 g/mol.